The lowest BCUT2D eigenvalue weighted by atomic mass is 10.2. The first kappa shape index (κ1) is 13.4. The van der Waals surface area contributed by atoms with E-state index in [4.69, 9.17) is 9.15 Å². The lowest BCUT2D eigenvalue weighted by Gasteiger charge is -2.06. The average molecular weight is 284 g/mol. The third-order valence-electron chi connectivity index (χ3n) is 3.24. The zero-order chi connectivity index (χ0) is 14.5. The summed E-state index contributed by atoms with van der Waals surface area (Å²) in [6, 6.07) is 9.13. The number of nitrogens with zero attached hydrogens (tertiary/aromatic N) is 2. The van der Waals surface area contributed by atoms with Gasteiger partial charge in [-0.3, -0.25) is 0 Å². The first-order valence-electron chi connectivity index (χ1n) is 6.94. The predicted octanol–water partition coefficient (Wildman–Crippen LogP) is 2.85. The van der Waals surface area contributed by atoms with Crippen molar-refractivity contribution in [3.05, 3.63) is 59.5 Å². The van der Waals surface area contributed by atoms with Crippen molar-refractivity contribution in [3.8, 4) is 5.75 Å². The van der Waals surface area contributed by atoms with Gasteiger partial charge < -0.3 is 13.7 Å². The Morgan fingerprint density at radius 2 is 2.14 bits per heavy atom. The zero-order valence-corrected chi connectivity index (χ0v) is 11.6. The van der Waals surface area contributed by atoms with Gasteiger partial charge in [0, 0.05) is 24.3 Å². The van der Waals surface area contributed by atoms with Gasteiger partial charge in [-0.2, -0.15) is 0 Å². The molecular weight excluding hydrogens is 268 g/mol. The van der Waals surface area contributed by atoms with Crippen LogP contribution >= 0.6 is 0 Å². The van der Waals surface area contributed by atoms with E-state index in [9.17, 15) is 4.79 Å². The maximum Gasteiger partial charge on any atom is 0.379 e. The molecule has 0 amide bonds. The quantitative estimate of drug-likeness (QED) is 0.516. The molecule has 108 valence electrons. The van der Waals surface area contributed by atoms with Crippen LogP contribution in [0.2, 0.25) is 0 Å². The van der Waals surface area contributed by atoms with Gasteiger partial charge in [0.05, 0.1) is 12.9 Å². The number of unbranched alkanes of at least 4 members (excludes halogenated alkanes) is 1. The molecule has 3 rings (SSSR count). The fourth-order valence-corrected chi connectivity index (χ4v) is 2.14. The Hall–Kier alpha value is -2.56. The molecule has 2 aromatic heterocycles. The van der Waals surface area contributed by atoms with Gasteiger partial charge in [0.15, 0.2) is 0 Å². The number of imidazole rings is 1. The van der Waals surface area contributed by atoms with Crippen molar-refractivity contribution < 1.29 is 9.15 Å². The molecule has 0 saturated heterocycles. The van der Waals surface area contributed by atoms with Crippen LogP contribution in [-0.4, -0.2) is 16.2 Å². The highest BCUT2D eigenvalue weighted by atomic mass is 16.5. The van der Waals surface area contributed by atoms with Gasteiger partial charge in [0.2, 0.25) is 5.75 Å². The Labute approximate surface area is 121 Å². The molecule has 5 nitrogen and oxygen atoms in total. The highest BCUT2D eigenvalue weighted by Gasteiger charge is 2.05. The lowest BCUT2D eigenvalue weighted by Crippen LogP contribution is -2.08. The van der Waals surface area contributed by atoms with Crippen LogP contribution in [0.5, 0.6) is 5.75 Å². The van der Waals surface area contributed by atoms with E-state index in [1.54, 1.807) is 24.7 Å². The minimum absolute atomic E-state index is 0.274. The van der Waals surface area contributed by atoms with Gasteiger partial charge in [0.25, 0.3) is 0 Å². The molecule has 0 saturated carbocycles. The Balaban J connectivity index is 1.55. The number of benzene rings is 1. The second-order valence-electron chi connectivity index (χ2n) is 4.79. The number of ether oxygens (including phenoxy) is 1. The fourth-order valence-electron chi connectivity index (χ4n) is 2.14. The molecule has 5 heteroatoms. The largest absolute Gasteiger partial charge is 0.487 e. The van der Waals surface area contributed by atoms with Crippen LogP contribution in [0.4, 0.5) is 0 Å². The van der Waals surface area contributed by atoms with Crippen LogP contribution in [0.1, 0.15) is 12.8 Å². The Kier molecular flexibility index (Phi) is 4.00. The van der Waals surface area contributed by atoms with E-state index < -0.39 is 5.63 Å². The van der Waals surface area contributed by atoms with Crippen molar-refractivity contribution in [1.29, 1.82) is 0 Å². The van der Waals surface area contributed by atoms with Crippen molar-refractivity contribution in [2.24, 2.45) is 0 Å². The molecule has 0 aliphatic rings. The summed E-state index contributed by atoms with van der Waals surface area (Å²) < 4.78 is 12.8. The van der Waals surface area contributed by atoms with E-state index >= 15 is 0 Å². The van der Waals surface area contributed by atoms with Crippen LogP contribution in [-0.2, 0) is 6.54 Å². The van der Waals surface area contributed by atoms with E-state index in [1.165, 1.54) is 0 Å². The second-order valence-corrected chi connectivity index (χ2v) is 4.79. The normalized spacial score (nSPS) is 10.9. The smallest absolute Gasteiger partial charge is 0.379 e. The number of fused-ring (bicyclic) bond motifs is 1. The number of aromatic nitrogens is 2. The van der Waals surface area contributed by atoms with E-state index in [-0.39, 0.29) is 5.75 Å². The van der Waals surface area contributed by atoms with Crippen molar-refractivity contribution >= 4 is 11.0 Å². The summed E-state index contributed by atoms with van der Waals surface area (Å²) in [4.78, 5) is 15.8. The highest BCUT2D eigenvalue weighted by Crippen LogP contribution is 2.16. The Bertz CT molecular complexity index is 763. The summed E-state index contributed by atoms with van der Waals surface area (Å²) in [6.07, 6.45) is 7.31. The molecule has 0 unspecified atom stereocenters. The van der Waals surface area contributed by atoms with Gasteiger partial charge >= 0.3 is 5.63 Å². The first-order chi connectivity index (χ1) is 10.3. The SMILES string of the molecule is O=c1oc2ccccc2cc1OCCCCn1ccnc1. The van der Waals surface area contributed by atoms with Crippen LogP contribution in [0.25, 0.3) is 11.0 Å². The number of hydrogen-bond donors (Lipinski definition) is 0. The van der Waals surface area contributed by atoms with Crippen LogP contribution in [0.3, 0.4) is 0 Å². The molecule has 0 bridgehead atoms. The van der Waals surface area contributed by atoms with Crippen molar-refractivity contribution in [1.82, 2.24) is 9.55 Å². The van der Waals surface area contributed by atoms with E-state index in [0.717, 1.165) is 24.8 Å². The monoisotopic (exact) mass is 284 g/mol. The number of para-hydroxylation sites is 1. The van der Waals surface area contributed by atoms with Crippen molar-refractivity contribution in [2.45, 2.75) is 19.4 Å². The van der Waals surface area contributed by atoms with Gasteiger partial charge in [-0.05, 0) is 25.0 Å². The summed E-state index contributed by atoms with van der Waals surface area (Å²) in [7, 11) is 0. The predicted molar refractivity (Wildman–Crippen MR) is 79.4 cm³/mol. The molecule has 0 spiro atoms. The Morgan fingerprint density at radius 1 is 1.24 bits per heavy atom. The molecule has 0 aliphatic heterocycles. The molecule has 0 atom stereocenters. The molecule has 0 fully saturated rings. The van der Waals surface area contributed by atoms with Crippen molar-refractivity contribution in [3.63, 3.8) is 0 Å². The number of rotatable bonds is 6. The van der Waals surface area contributed by atoms with Gasteiger partial charge in [0.1, 0.15) is 5.58 Å². The Morgan fingerprint density at radius 3 is 3.00 bits per heavy atom. The highest BCUT2D eigenvalue weighted by molar-refractivity contribution is 5.77. The summed E-state index contributed by atoms with van der Waals surface area (Å²) in [5, 5.41) is 0.866. The average Bonchev–Trinajstić information content (AvgIpc) is 3.00. The number of aryl methyl sites for hydroxylation is 1. The number of hydrogen-bond acceptors (Lipinski definition) is 4. The molecular formula is C16H16N2O3. The minimum atomic E-state index is -0.427. The first-order valence-corrected chi connectivity index (χ1v) is 6.94. The standard InChI is InChI=1S/C16H16N2O3/c19-16-15(11-13-5-1-2-6-14(13)21-16)20-10-4-3-8-18-9-7-17-12-18/h1-2,5-7,9,11-12H,3-4,8,10H2. The summed E-state index contributed by atoms with van der Waals surface area (Å²) >= 11 is 0. The second kappa shape index (κ2) is 6.26. The van der Waals surface area contributed by atoms with Crippen LogP contribution in [0.15, 0.2) is 58.3 Å². The maximum atomic E-state index is 11.8. The van der Waals surface area contributed by atoms with Crippen LogP contribution in [0, 0.1) is 0 Å². The van der Waals surface area contributed by atoms with E-state index in [1.807, 2.05) is 29.0 Å². The molecule has 21 heavy (non-hydrogen) atoms. The molecule has 2 heterocycles. The fraction of sp³-hybridized carbons (Fsp3) is 0.250. The summed E-state index contributed by atoms with van der Waals surface area (Å²) in [5.41, 5.74) is 0.151. The van der Waals surface area contributed by atoms with E-state index in [2.05, 4.69) is 4.98 Å². The van der Waals surface area contributed by atoms with Gasteiger partial charge in [-0.25, -0.2) is 9.78 Å². The summed E-state index contributed by atoms with van der Waals surface area (Å²) in [6.45, 7) is 1.40. The van der Waals surface area contributed by atoms with Crippen LogP contribution < -0.4 is 10.4 Å². The zero-order valence-electron chi connectivity index (χ0n) is 11.6. The molecule has 0 aliphatic carbocycles. The minimum Gasteiger partial charge on any atom is -0.487 e. The van der Waals surface area contributed by atoms with Gasteiger partial charge in [-0.15, -0.1) is 0 Å². The van der Waals surface area contributed by atoms with E-state index in [0.29, 0.717) is 12.2 Å². The molecule has 0 radical (unpaired) electrons. The third-order valence-corrected chi connectivity index (χ3v) is 3.24. The molecule has 1 aromatic carbocycles. The van der Waals surface area contributed by atoms with Crippen molar-refractivity contribution in [2.75, 3.05) is 6.61 Å². The third kappa shape index (κ3) is 3.31. The molecule has 0 N–H and O–H groups in total. The maximum absolute atomic E-state index is 11.8. The molecule has 3 aromatic rings. The topological polar surface area (TPSA) is 57.3 Å². The van der Waals surface area contributed by atoms with Gasteiger partial charge in [-0.1, -0.05) is 18.2 Å². The lowest BCUT2D eigenvalue weighted by molar-refractivity contribution is 0.290. The summed E-state index contributed by atoms with van der Waals surface area (Å²) in [5.74, 6) is 0.274.